The minimum Gasteiger partial charge on any atom is -0.357 e. The van der Waals surface area contributed by atoms with Crippen molar-refractivity contribution in [1.82, 2.24) is 15.5 Å². The van der Waals surface area contributed by atoms with Crippen LogP contribution in [0.15, 0.2) is 4.99 Å². The Labute approximate surface area is 142 Å². The number of nitrogens with one attached hydrogen (secondary N) is 2. The summed E-state index contributed by atoms with van der Waals surface area (Å²) in [5.74, 6) is 0.892. The van der Waals surface area contributed by atoms with Crippen LogP contribution < -0.4 is 10.6 Å². The molecule has 23 heavy (non-hydrogen) atoms. The predicted molar refractivity (Wildman–Crippen MR) is 97.7 cm³/mol. The zero-order valence-electron chi connectivity index (χ0n) is 15.7. The first kappa shape index (κ1) is 19.8. The molecule has 0 aromatic heterocycles. The number of rotatable bonds is 6. The average Bonchev–Trinajstić information content (AvgIpc) is 2.51. The Kier molecular flexibility index (Phi) is 8.42. The van der Waals surface area contributed by atoms with Crippen LogP contribution in [-0.4, -0.2) is 49.0 Å². The van der Waals surface area contributed by atoms with E-state index < -0.39 is 0 Å². The molecule has 1 aliphatic heterocycles. The average molecular weight is 325 g/mol. The number of carbonyl (C=O) groups excluding carboxylic acids is 1. The molecule has 0 spiro atoms. The minimum absolute atomic E-state index is 0.143. The molecule has 0 aromatic carbocycles. The fraction of sp³-hybridized carbons (Fsp3) is 0.889. The third kappa shape index (κ3) is 8.82. The molecule has 0 radical (unpaired) electrons. The summed E-state index contributed by atoms with van der Waals surface area (Å²) in [5, 5.41) is 6.65. The van der Waals surface area contributed by atoms with Crippen LogP contribution >= 0.6 is 0 Å². The molecule has 1 heterocycles. The van der Waals surface area contributed by atoms with Gasteiger partial charge in [0.1, 0.15) is 6.54 Å². The number of guanidine groups is 1. The predicted octanol–water partition coefficient (Wildman–Crippen LogP) is 2.77. The molecule has 2 N–H and O–H groups in total. The minimum atomic E-state index is 0.143. The SMILES string of the molecule is CCNC(=NCC(=O)N1CCCCC1)NC(C)CCC(C)(C)C. The van der Waals surface area contributed by atoms with E-state index in [1.807, 2.05) is 11.8 Å². The highest BCUT2D eigenvalue weighted by molar-refractivity contribution is 5.85. The van der Waals surface area contributed by atoms with E-state index in [4.69, 9.17) is 0 Å². The summed E-state index contributed by atoms with van der Waals surface area (Å²) in [4.78, 5) is 18.6. The van der Waals surface area contributed by atoms with Crippen LogP contribution in [0.5, 0.6) is 0 Å². The lowest BCUT2D eigenvalue weighted by molar-refractivity contribution is -0.130. The largest absolute Gasteiger partial charge is 0.357 e. The first-order valence-corrected chi connectivity index (χ1v) is 9.14. The molecule has 1 aliphatic rings. The van der Waals surface area contributed by atoms with Crippen molar-refractivity contribution in [2.24, 2.45) is 10.4 Å². The molecule has 0 aliphatic carbocycles. The number of nitrogens with zero attached hydrogens (tertiary/aromatic N) is 2. The molecule has 1 saturated heterocycles. The molecule has 0 bridgehead atoms. The molecule has 5 nitrogen and oxygen atoms in total. The van der Waals surface area contributed by atoms with Gasteiger partial charge in [-0.3, -0.25) is 4.79 Å². The molecule has 0 aromatic rings. The third-order valence-corrected chi connectivity index (χ3v) is 4.14. The van der Waals surface area contributed by atoms with Crippen molar-refractivity contribution in [3.05, 3.63) is 0 Å². The summed E-state index contributed by atoms with van der Waals surface area (Å²) in [6.07, 6.45) is 5.74. The van der Waals surface area contributed by atoms with Gasteiger partial charge < -0.3 is 15.5 Å². The van der Waals surface area contributed by atoms with Crippen molar-refractivity contribution in [2.75, 3.05) is 26.2 Å². The molecule has 1 atom stereocenters. The number of hydrogen-bond donors (Lipinski definition) is 2. The molecular weight excluding hydrogens is 288 g/mol. The Hall–Kier alpha value is -1.26. The van der Waals surface area contributed by atoms with E-state index in [0.29, 0.717) is 11.5 Å². The lowest BCUT2D eigenvalue weighted by atomic mass is 9.89. The Morgan fingerprint density at radius 1 is 1.22 bits per heavy atom. The quantitative estimate of drug-likeness (QED) is 0.583. The highest BCUT2D eigenvalue weighted by Crippen LogP contribution is 2.21. The van der Waals surface area contributed by atoms with Gasteiger partial charge >= 0.3 is 0 Å². The molecule has 1 rings (SSSR count). The fourth-order valence-electron chi connectivity index (χ4n) is 2.67. The van der Waals surface area contributed by atoms with E-state index in [-0.39, 0.29) is 12.5 Å². The van der Waals surface area contributed by atoms with Crippen molar-refractivity contribution in [3.8, 4) is 0 Å². The summed E-state index contributed by atoms with van der Waals surface area (Å²) >= 11 is 0. The number of hydrogen-bond acceptors (Lipinski definition) is 2. The number of piperidine rings is 1. The van der Waals surface area contributed by atoms with Crippen LogP contribution in [0.4, 0.5) is 0 Å². The molecule has 5 heteroatoms. The van der Waals surface area contributed by atoms with Crippen LogP contribution in [-0.2, 0) is 4.79 Å². The second-order valence-corrected chi connectivity index (χ2v) is 7.78. The van der Waals surface area contributed by atoms with Crippen molar-refractivity contribution in [2.45, 2.75) is 72.8 Å². The van der Waals surface area contributed by atoms with E-state index >= 15 is 0 Å². The molecule has 1 amide bonds. The smallest absolute Gasteiger partial charge is 0.244 e. The summed E-state index contributed by atoms with van der Waals surface area (Å²) in [7, 11) is 0. The molecule has 134 valence electrons. The fourth-order valence-corrected chi connectivity index (χ4v) is 2.67. The van der Waals surface area contributed by atoms with Crippen LogP contribution in [0.3, 0.4) is 0 Å². The van der Waals surface area contributed by atoms with Crippen molar-refractivity contribution in [1.29, 1.82) is 0 Å². The van der Waals surface area contributed by atoms with Gasteiger partial charge in [0, 0.05) is 25.7 Å². The van der Waals surface area contributed by atoms with Gasteiger partial charge in [0.2, 0.25) is 5.91 Å². The first-order chi connectivity index (χ1) is 10.8. The second-order valence-electron chi connectivity index (χ2n) is 7.78. The highest BCUT2D eigenvalue weighted by Gasteiger charge is 2.17. The monoisotopic (exact) mass is 324 g/mol. The van der Waals surface area contributed by atoms with E-state index in [1.54, 1.807) is 0 Å². The van der Waals surface area contributed by atoms with Gasteiger partial charge in [-0.1, -0.05) is 20.8 Å². The summed E-state index contributed by atoms with van der Waals surface area (Å²) in [5.41, 5.74) is 0.343. The summed E-state index contributed by atoms with van der Waals surface area (Å²) in [6.45, 7) is 13.8. The molecule has 1 fully saturated rings. The van der Waals surface area contributed by atoms with E-state index in [9.17, 15) is 4.79 Å². The van der Waals surface area contributed by atoms with Crippen molar-refractivity contribution in [3.63, 3.8) is 0 Å². The topological polar surface area (TPSA) is 56.7 Å². The third-order valence-electron chi connectivity index (χ3n) is 4.14. The second kappa shape index (κ2) is 9.78. The molecule has 0 saturated carbocycles. The van der Waals surface area contributed by atoms with Gasteiger partial charge in [-0.2, -0.15) is 0 Å². The summed E-state index contributed by atoms with van der Waals surface area (Å²) < 4.78 is 0. The highest BCUT2D eigenvalue weighted by atomic mass is 16.2. The number of likely N-dealkylation sites (tertiary alicyclic amines) is 1. The number of amides is 1. The van der Waals surface area contributed by atoms with E-state index in [1.165, 1.54) is 6.42 Å². The zero-order chi connectivity index (χ0) is 17.3. The lowest BCUT2D eigenvalue weighted by Crippen LogP contribution is -2.43. The van der Waals surface area contributed by atoms with Crippen molar-refractivity contribution >= 4 is 11.9 Å². The van der Waals surface area contributed by atoms with Gasteiger partial charge in [-0.25, -0.2) is 4.99 Å². The normalized spacial score (nSPS) is 17.8. The van der Waals surface area contributed by atoms with Gasteiger partial charge in [0.05, 0.1) is 0 Å². The van der Waals surface area contributed by atoms with Gasteiger partial charge in [-0.05, 0) is 51.4 Å². The first-order valence-electron chi connectivity index (χ1n) is 9.14. The summed E-state index contributed by atoms with van der Waals surface area (Å²) in [6, 6.07) is 0.345. The maximum atomic E-state index is 12.2. The molecule has 1 unspecified atom stereocenters. The van der Waals surface area contributed by atoms with Crippen LogP contribution in [0.25, 0.3) is 0 Å². The van der Waals surface area contributed by atoms with Crippen LogP contribution in [0.1, 0.15) is 66.7 Å². The standard InChI is InChI=1S/C18H36N4O/c1-6-19-17(21-15(2)10-11-18(3,4)5)20-14-16(23)22-12-8-7-9-13-22/h15H,6-14H2,1-5H3,(H2,19,20,21). The Morgan fingerprint density at radius 2 is 1.87 bits per heavy atom. The number of carbonyl (C=O) groups is 1. The number of aliphatic imine (C=N–C) groups is 1. The van der Waals surface area contributed by atoms with Gasteiger partial charge in [0.15, 0.2) is 5.96 Å². The van der Waals surface area contributed by atoms with Crippen LogP contribution in [0.2, 0.25) is 0 Å². The van der Waals surface area contributed by atoms with Gasteiger partial charge in [0.25, 0.3) is 0 Å². The van der Waals surface area contributed by atoms with E-state index in [0.717, 1.165) is 51.3 Å². The Morgan fingerprint density at radius 3 is 2.43 bits per heavy atom. The Bertz CT molecular complexity index is 381. The van der Waals surface area contributed by atoms with E-state index in [2.05, 4.69) is 43.3 Å². The van der Waals surface area contributed by atoms with Crippen LogP contribution in [0, 0.1) is 5.41 Å². The molecular formula is C18H36N4O. The maximum Gasteiger partial charge on any atom is 0.244 e. The van der Waals surface area contributed by atoms with Gasteiger partial charge in [-0.15, -0.1) is 0 Å². The Balaban J connectivity index is 2.46. The van der Waals surface area contributed by atoms with Crippen molar-refractivity contribution < 1.29 is 4.79 Å². The lowest BCUT2D eigenvalue weighted by Gasteiger charge is -2.26. The maximum absolute atomic E-state index is 12.2. The zero-order valence-corrected chi connectivity index (χ0v) is 15.7.